The predicted octanol–water partition coefficient (Wildman–Crippen LogP) is 5.30. The highest BCUT2D eigenvalue weighted by molar-refractivity contribution is 5.88. The summed E-state index contributed by atoms with van der Waals surface area (Å²) in [5.41, 5.74) is 5.29. The number of carbonyl (C=O) groups excluding carboxylic acids is 1. The number of aromatic nitrogens is 4. The summed E-state index contributed by atoms with van der Waals surface area (Å²) in [6.07, 6.45) is 0.0994. The fraction of sp³-hybridized carbons (Fsp3) is 0.308. The average Bonchev–Trinajstić information content (AvgIpc) is 3.36. The summed E-state index contributed by atoms with van der Waals surface area (Å²) in [5.74, 6) is 1.25. The molecule has 8 heteroatoms. The first-order chi connectivity index (χ1) is 16.2. The van der Waals surface area contributed by atoms with E-state index in [0.29, 0.717) is 23.0 Å². The maximum atomic E-state index is 12.7. The summed E-state index contributed by atoms with van der Waals surface area (Å²) in [6.45, 7) is 11.6. The Morgan fingerprint density at radius 1 is 1.03 bits per heavy atom. The molecule has 0 aliphatic heterocycles. The number of hydrogen-bond donors (Lipinski definition) is 0. The van der Waals surface area contributed by atoms with Gasteiger partial charge in [0.05, 0.1) is 17.5 Å². The molecule has 0 spiro atoms. The van der Waals surface area contributed by atoms with E-state index in [-0.39, 0.29) is 18.4 Å². The van der Waals surface area contributed by atoms with Crippen molar-refractivity contribution in [3.63, 3.8) is 0 Å². The minimum Gasteiger partial charge on any atom is -0.491 e. The number of carbonyl (C=O) groups is 1. The average molecular weight is 461 g/mol. The van der Waals surface area contributed by atoms with Gasteiger partial charge in [0.25, 0.3) is 0 Å². The fourth-order valence-corrected chi connectivity index (χ4v) is 3.46. The van der Waals surface area contributed by atoms with Crippen LogP contribution in [0, 0.1) is 27.7 Å². The fourth-order valence-electron chi connectivity index (χ4n) is 3.46. The molecule has 0 radical (unpaired) electrons. The zero-order valence-corrected chi connectivity index (χ0v) is 20.2. The third kappa shape index (κ3) is 4.85. The smallest absolute Gasteiger partial charge is 0.361 e. The molecule has 0 bridgehead atoms. The van der Waals surface area contributed by atoms with Crippen LogP contribution in [0.1, 0.15) is 52.6 Å². The van der Waals surface area contributed by atoms with E-state index in [0.717, 1.165) is 22.6 Å². The van der Waals surface area contributed by atoms with Crippen molar-refractivity contribution in [3.05, 3.63) is 76.4 Å². The van der Waals surface area contributed by atoms with Crippen molar-refractivity contribution >= 4 is 5.97 Å². The molecule has 34 heavy (non-hydrogen) atoms. The molecule has 176 valence electrons. The summed E-state index contributed by atoms with van der Waals surface area (Å²) < 4.78 is 18.6. The van der Waals surface area contributed by atoms with Crippen LogP contribution in [0.2, 0.25) is 0 Å². The maximum absolute atomic E-state index is 12.7. The minimum absolute atomic E-state index is 0.0291. The summed E-state index contributed by atoms with van der Waals surface area (Å²) in [5, 5.41) is 8.18. The van der Waals surface area contributed by atoms with Crippen molar-refractivity contribution in [3.8, 4) is 22.9 Å². The monoisotopic (exact) mass is 460 g/mol. The first-order valence-electron chi connectivity index (χ1n) is 11.1. The molecular weight excluding hydrogens is 432 g/mol. The molecule has 0 atom stereocenters. The van der Waals surface area contributed by atoms with E-state index in [9.17, 15) is 4.79 Å². The Bertz CT molecular complexity index is 1320. The van der Waals surface area contributed by atoms with Gasteiger partial charge >= 0.3 is 5.97 Å². The van der Waals surface area contributed by atoms with Crippen molar-refractivity contribution in [1.29, 1.82) is 0 Å². The third-order valence-electron chi connectivity index (χ3n) is 5.53. The van der Waals surface area contributed by atoms with Gasteiger partial charge in [0.15, 0.2) is 5.69 Å². The molecule has 0 saturated heterocycles. The van der Waals surface area contributed by atoms with Crippen LogP contribution in [0.4, 0.5) is 0 Å². The first kappa shape index (κ1) is 23.2. The van der Waals surface area contributed by atoms with Crippen LogP contribution in [0.5, 0.6) is 5.75 Å². The van der Waals surface area contributed by atoms with Gasteiger partial charge in [0, 0.05) is 5.56 Å². The topological polar surface area (TPSA) is 92.3 Å². The Morgan fingerprint density at radius 2 is 1.76 bits per heavy atom. The molecule has 2 aromatic heterocycles. The largest absolute Gasteiger partial charge is 0.491 e. The predicted molar refractivity (Wildman–Crippen MR) is 127 cm³/mol. The van der Waals surface area contributed by atoms with E-state index in [2.05, 4.69) is 15.3 Å². The lowest BCUT2D eigenvalue weighted by molar-refractivity contribution is 0.0459. The van der Waals surface area contributed by atoms with Crippen molar-refractivity contribution in [2.24, 2.45) is 0 Å². The normalized spacial score (nSPS) is 11.1. The molecule has 0 aliphatic carbocycles. The van der Waals surface area contributed by atoms with Crippen molar-refractivity contribution in [2.45, 2.75) is 54.3 Å². The summed E-state index contributed by atoms with van der Waals surface area (Å²) >= 11 is 0. The second-order valence-electron chi connectivity index (χ2n) is 8.49. The van der Waals surface area contributed by atoms with E-state index < -0.39 is 5.97 Å². The molecule has 0 amide bonds. The summed E-state index contributed by atoms with van der Waals surface area (Å²) in [6, 6.07) is 13.5. The number of oxazole rings is 1. The Morgan fingerprint density at radius 3 is 2.44 bits per heavy atom. The van der Waals surface area contributed by atoms with Gasteiger partial charge in [-0.3, -0.25) is 0 Å². The van der Waals surface area contributed by atoms with Gasteiger partial charge in [-0.05, 0) is 89.1 Å². The number of nitrogens with zero attached hydrogens (tertiary/aromatic N) is 4. The van der Waals surface area contributed by atoms with E-state index >= 15 is 0 Å². The maximum Gasteiger partial charge on any atom is 0.361 e. The molecule has 0 unspecified atom stereocenters. The zero-order valence-electron chi connectivity index (χ0n) is 20.2. The van der Waals surface area contributed by atoms with Gasteiger partial charge in [0.1, 0.15) is 23.8 Å². The molecule has 0 aliphatic rings. The van der Waals surface area contributed by atoms with E-state index in [1.165, 1.54) is 5.56 Å². The molecule has 0 N–H and O–H groups in total. The minimum atomic E-state index is -0.563. The molecular formula is C26H28N4O4. The van der Waals surface area contributed by atoms with Gasteiger partial charge in [-0.25, -0.2) is 14.5 Å². The second kappa shape index (κ2) is 9.51. The Kier molecular flexibility index (Phi) is 6.49. The van der Waals surface area contributed by atoms with Crippen LogP contribution in [0.15, 0.2) is 46.9 Å². The molecule has 0 saturated carbocycles. The molecule has 2 aromatic carbocycles. The quantitative estimate of drug-likeness (QED) is 0.346. The van der Waals surface area contributed by atoms with E-state index in [4.69, 9.17) is 13.9 Å². The molecule has 0 fully saturated rings. The summed E-state index contributed by atoms with van der Waals surface area (Å²) in [7, 11) is 0. The molecule has 4 rings (SSSR count). The Balaban J connectivity index is 1.45. The van der Waals surface area contributed by atoms with E-state index in [1.807, 2.05) is 70.2 Å². The van der Waals surface area contributed by atoms with E-state index in [1.54, 1.807) is 18.5 Å². The molecule has 8 nitrogen and oxygen atoms in total. The van der Waals surface area contributed by atoms with Crippen molar-refractivity contribution < 1.29 is 18.7 Å². The Hall–Kier alpha value is -3.94. The molecule has 4 aromatic rings. The highest BCUT2D eigenvalue weighted by Gasteiger charge is 2.21. The van der Waals surface area contributed by atoms with Crippen LogP contribution in [-0.2, 0) is 11.3 Å². The Labute approximate surface area is 198 Å². The van der Waals surface area contributed by atoms with Crippen LogP contribution in [0.3, 0.4) is 0 Å². The number of benzene rings is 2. The number of esters is 1. The van der Waals surface area contributed by atoms with Crippen LogP contribution < -0.4 is 4.74 Å². The number of aryl methyl sites for hydroxylation is 3. The number of rotatable bonds is 7. The highest BCUT2D eigenvalue weighted by atomic mass is 16.5. The van der Waals surface area contributed by atoms with Crippen LogP contribution in [-0.4, -0.2) is 32.1 Å². The van der Waals surface area contributed by atoms with Crippen molar-refractivity contribution in [2.75, 3.05) is 0 Å². The van der Waals surface area contributed by atoms with Gasteiger partial charge in [-0.1, -0.05) is 11.3 Å². The van der Waals surface area contributed by atoms with Gasteiger partial charge < -0.3 is 13.9 Å². The second-order valence-corrected chi connectivity index (χ2v) is 8.49. The van der Waals surface area contributed by atoms with Crippen LogP contribution in [0.25, 0.3) is 17.1 Å². The SMILES string of the molecule is Cc1ccc(-n2nnc(C(=O)OCc3nc(-c4ccc(OC(C)C)cc4)oc3C)c2C)cc1C. The van der Waals surface area contributed by atoms with Gasteiger partial charge in [-0.15, -0.1) is 5.10 Å². The lowest BCUT2D eigenvalue weighted by Gasteiger charge is -2.09. The summed E-state index contributed by atoms with van der Waals surface area (Å²) in [4.78, 5) is 17.2. The van der Waals surface area contributed by atoms with Crippen molar-refractivity contribution in [1.82, 2.24) is 20.0 Å². The van der Waals surface area contributed by atoms with Gasteiger partial charge in [-0.2, -0.15) is 0 Å². The number of hydrogen-bond acceptors (Lipinski definition) is 7. The standard InChI is InChI=1S/C26H28N4O4/c1-15(2)33-22-11-8-20(9-12-22)25-27-23(19(6)34-25)14-32-26(31)24-18(5)30(29-28-24)21-10-7-16(3)17(4)13-21/h7-13,15H,14H2,1-6H3. The highest BCUT2D eigenvalue weighted by Crippen LogP contribution is 2.25. The first-order valence-corrected chi connectivity index (χ1v) is 11.1. The lowest BCUT2D eigenvalue weighted by atomic mass is 10.1. The molecule has 2 heterocycles. The lowest BCUT2D eigenvalue weighted by Crippen LogP contribution is -2.09. The third-order valence-corrected chi connectivity index (χ3v) is 5.53. The number of ether oxygens (including phenoxy) is 2. The van der Waals surface area contributed by atoms with Crippen LogP contribution >= 0.6 is 0 Å². The van der Waals surface area contributed by atoms with Gasteiger partial charge in [0.2, 0.25) is 5.89 Å². The zero-order chi connectivity index (χ0) is 24.4.